The predicted octanol–water partition coefficient (Wildman–Crippen LogP) is 8.97. The minimum absolute atomic E-state index is 0.0257. The summed E-state index contributed by atoms with van der Waals surface area (Å²) in [6.07, 6.45) is 9.79. The molecule has 2 bridgehead atoms. The number of allylic oxidation sites excluding steroid dienone is 6. The molecule has 1 unspecified atom stereocenters. The summed E-state index contributed by atoms with van der Waals surface area (Å²) in [7, 11) is 6.01. The summed E-state index contributed by atoms with van der Waals surface area (Å²) in [4.78, 5) is 96.5. The highest BCUT2D eigenvalue weighted by atomic mass is 16.7. The number of nitro benzene ring substituents is 1. The monoisotopic (exact) mass is 1090 g/mol. The molecule has 15 atom stereocenters. The molecule has 0 aromatic heterocycles. The van der Waals surface area contributed by atoms with Crippen LogP contribution in [0.2, 0.25) is 0 Å². The van der Waals surface area contributed by atoms with Crippen LogP contribution >= 0.6 is 0 Å². The Morgan fingerprint density at radius 2 is 1.54 bits per heavy atom. The first kappa shape index (κ1) is 63.4. The Morgan fingerprint density at radius 3 is 2.19 bits per heavy atom. The standard InChI is InChI=1S/C59H84N2O17/c1-35-17-13-12-14-18-36(2)49(71-8)33-45-24-20-41(7)59(68,78-45)55(64)56(65)60-28-16-15-19-46(60)57(66)76-50(34-47(62)37(3)30-40(6)53(73-10)54(74-11)52(63)39(5)29-35)38(4)31-42-21-27-48(51(32-42)72-9)77-58(67)75-44-25-22-43(23-26-44)61(69)70/h12-14,17-18,22-23,25-26,30,35,37-39,41-42,45-46,48-51,53-54,68H,15-16,19-21,24,27-29,31-34H2,1-11H3/b14-12+,17-13+,36-18+,40-30+/t35?,37-,38-,39-,41-,42+,45+,46+,48-,49+,50+,51-,53-,54+,59-/m1/s1. The van der Waals surface area contributed by atoms with Crippen LogP contribution in [0.25, 0.3) is 0 Å². The molecule has 3 fully saturated rings. The fourth-order valence-corrected chi connectivity index (χ4v) is 11.4. The van der Waals surface area contributed by atoms with Gasteiger partial charge in [-0.05, 0) is 119 Å². The van der Waals surface area contributed by atoms with Gasteiger partial charge in [-0.1, -0.05) is 71.1 Å². The molecule has 1 amide bonds. The number of hydrogen-bond donors (Lipinski definition) is 1. The predicted molar refractivity (Wildman–Crippen MR) is 288 cm³/mol. The summed E-state index contributed by atoms with van der Waals surface area (Å²) < 4.78 is 46.9. The molecule has 432 valence electrons. The first-order valence-electron chi connectivity index (χ1n) is 27.5. The number of ketones is 3. The number of ether oxygens (including phenoxy) is 8. The summed E-state index contributed by atoms with van der Waals surface area (Å²) in [6, 6.07) is 3.81. The largest absolute Gasteiger partial charge is 0.514 e. The van der Waals surface area contributed by atoms with Gasteiger partial charge in [0.2, 0.25) is 5.79 Å². The lowest BCUT2D eigenvalue weighted by atomic mass is 9.78. The molecule has 3 aliphatic heterocycles. The number of methoxy groups -OCH3 is 4. The number of hydrogen-bond acceptors (Lipinski definition) is 17. The SMILES string of the molecule is CO[C@H]1C[C@@H]2CC[C@@H](C)[C@@](O)(O2)C(=O)C(=O)N2CCCC[C@H]2C(=O)O[C@H]([C@H](C)C[C@@H]2CC[C@@H](OC(=O)Oc3ccc([N+](=O)[O-])cc3)[C@H](OC)C2)CC(=O)[C@H](C)/C=C(\C)[C@@H](OC)[C@@H](OC)C(=O)[C@H](C)CC(C)/C=C/C=C/C=C/1C. The minimum Gasteiger partial charge on any atom is -0.460 e. The minimum atomic E-state index is -2.47. The van der Waals surface area contributed by atoms with Crippen LogP contribution < -0.4 is 4.74 Å². The smallest absolute Gasteiger partial charge is 0.460 e. The van der Waals surface area contributed by atoms with Gasteiger partial charge < -0.3 is 47.9 Å². The van der Waals surface area contributed by atoms with Gasteiger partial charge in [0, 0.05) is 77.7 Å². The maximum Gasteiger partial charge on any atom is 0.514 e. The molecule has 4 aliphatic rings. The number of nitrogens with zero attached hydrogens (tertiary/aromatic N) is 2. The van der Waals surface area contributed by atoms with Gasteiger partial charge in [0.15, 0.2) is 5.78 Å². The van der Waals surface area contributed by atoms with E-state index in [-0.39, 0.29) is 54.2 Å². The Labute approximate surface area is 459 Å². The van der Waals surface area contributed by atoms with E-state index in [4.69, 9.17) is 37.9 Å². The molecular weight excluding hydrogens is 1010 g/mol. The first-order chi connectivity index (χ1) is 37.0. The lowest BCUT2D eigenvalue weighted by Gasteiger charge is -2.42. The number of carbonyl (C=O) groups excluding carboxylic acids is 6. The number of fused-ring (bicyclic) bond motifs is 3. The topological polar surface area (TPSA) is 243 Å². The molecule has 1 aromatic carbocycles. The van der Waals surface area contributed by atoms with Crippen LogP contribution in [0.3, 0.4) is 0 Å². The van der Waals surface area contributed by atoms with Crippen molar-refractivity contribution in [3.8, 4) is 5.75 Å². The van der Waals surface area contributed by atoms with Gasteiger partial charge in [0.1, 0.15) is 42.0 Å². The number of carbonyl (C=O) groups is 6. The highest BCUT2D eigenvalue weighted by Gasteiger charge is 2.53. The summed E-state index contributed by atoms with van der Waals surface area (Å²) >= 11 is 0. The molecule has 1 aliphatic carbocycles. The zero-order chi connectivity index (χ0) is 57.4. The van der Waals surface area contributed by atoms with E-state index in [0.717, 1.165) is 5.57 Å². The Balaban J connectivity index is 1.43. The fraction of sp³-hybridized carbons (Fsp3) is 0.661. The zero-order valence-electron chi connectivity index (χ0n) is 47.4. The summed E-state index contributed by atoms with van der Waals surface area (Å²) in [5.41, 5.74) is 1.30. The van der Waals surface area contributed by atoms with Gasteiger partial charge >= 0.3 is 12.1 Å². The number of rotatable bonds is 10. The van der Waals surface area contributed by atoms with Gasteiger partial charge in [0.25, 0.3) is 17.4 Å². The summed E-state index contributed by atoms with van der Waals surface area (Å²) in [6.45, 7) is 12.9. The van der Waals surface area contributed by atoms with Crippen molar-refractivity contribution in [2.75, 3.05) is 35.0 Å². The molecule has 5 rings (SSSR count). The highest BCUT2D eigenvalue weighted by Crippen LogP contribution is 2.38. The van der Waals surface area contributed by atoms with E-state index in [1.54, 1.807) is 34.0 Å². The summed E-state index contributed by atoms with van der Waals surface area (Å²) in [5, 5.41) is 23.1. The van der Waals surface area contributed by atoms with Crippen LogP contribution in [-0.4, -0.2) is 140 Å². The molecule has 1 aromatic rings. The highest BCUT2D eigenvalue weighted by molar-refractivity contribution is 6.39. The lowest BCUT2D eigenvalue weighted by Crippen LogP contribution is -2.61. The molecular formula is C59H84N2O17. The molecule has 2 saturated heterocycles. The Bertz CT molecular complexity index is 2360. The Hall–Kier alpha value is -5.44. The van der Waals surface area contributed by atoms with Gasteiger partial charge in [0.05, 0.1) is 23.2 Å². The maximum absolute atomic E-state index is 14.6. The van der Waals surface area contributed by atoms with E-state index in [0.29, 0.717) is 69.8 Å². The molecule has 19 heteroatoms. The lowest BCUT2D eigenvalue weighted by molar-refractivity contribution is -0.384. The second-order valence-electron chi connectivity index (χ2n) is 22.0. The Morgan fingerprint density at radius 1 is 0.833 bits per heavy atom. The van der Waals surface area contributed by atoms with Crippen LogP contribution in [0.1, 0.15) is 126 Å². The van der Waals surface area contributed by atoms with E-state index in [1.165, 1.54) is 50.5 Å². The van der Waals surface area contributed by atoms with Crippen LogP contribution in [0.5, 0.6) is 5.75 Å². The molecule has 3 heterocycles. The molecule has 0 radical (unpaired) electrons. The van der Waals surface area contributed by atoms with Gasteiger partial charge in [-0.2, -0.15) is 0 Å². The Kier molecular flexibility index (Phi) is 24.1. The van der Waals surface area contributed by atoms with Crippen LogP contribution in [0, 0.1) is 45.6 Å². The number of cyclic esters (lactones) is 1. The van der Waals surface area contributed by atoms with Crippen molar-refractivity contribution in [1.82, 2.24) is 4.90 Å². The number of non-ortho nitro benzene ring substituents is 1. The normalized spacial score (nSPS) is 35.4. The van der Waals surface area contributed by atoms with Gasteiger partial charge in [-0.25, -0.2) is 9.59 Å². The van der Waals surface area contributed by atoms with E-state index in [9.17, 15) is 44.0 Å². The number of amides is 1. The average molecular weight is 1090 g/mol. The van der Waals surface area contributed by atoms with Crippen LogP contribution in [0.15, 0.2) is 71.9 Å². The second-order valence-corrected chi connectivity index (χ2v) is 22.0. The number of aliphatic hydroxyl groups is 1. The fourth-order valence-electron chi connectivity index (χ4n) is 11.4. The van der Waals surface area contributed by atoms with E-state index >= 15 is 0 Å². The number of esters is 1. The van der Waals surface area contributed by atoms with Crippen molar-refractivity contribution < 1.29 is 76.7 Å². The third kappa shape index (κ3) is 16.8. The number of piperidine rings is 1. The van der Waals surface area contributed by atoms with E-state index in [1.807, 2.05) is 58.1 Å². The van der Waals surface area contributed by atoms with Gasteiger partial charge in [-0.3, -0.25) is 29.3 Å². The van der Waals surface area contributed by atoms with Gasteiger partial charge in [-0.15, -0.1) is 0 Å². The quantitative estimate of drug-likeness (QED) is 0.0574. The van der Waals surface area contributed by atoms with Crippen LogP contribution in [0.4, 0.5) is 10.5 Å². The second kappa shape index (κ2) is 29.7. The van der Waals surface area contributed by atoms with Crippen LogP contribution in [-0.2, 0) is 57.1 Å². The molecule has 19 nitrogen and oxygen atoms in total. The molecule has 78 heavy (non-hydrogen) atoms. The third-order valence-electron chi connectivity index (χ3n) is 16.2. The average Bonchev–Trinajstić information content (AvgIpc) is 3.46. The van der Waals surface area contributed by atoms with Crippen molar-refractivity contribution in [2.24, 2.45) is 35.5 Å². The van der Waals surface area contributed by atoms with E-state index < -0.39 is 107 Å². The molecule has 0 spiro atoms. The number of nitro groups is 1. The van der Waals surface area contributed by atoms with Crippen molar-refractivity contribution in [2.45, 2.75) is 180 Å². The van der Waals surface area contributed by atoms with Crippen molar-refractivity contribution in [3.63, 3.8) is 0 Å². The van der Waals surface area contributed by atoms with E-state index in [2.05, 4.69) is 0 Å². The zero-order valence-corrected chi connectivity index (χ0v) is 47.4. The number of Topliss-reactive ketones (excluding diaryl/α,β-unsaturated/α-hetero) is 3. The van der Waals surface area contributed by atoms with Crippen molar-refractivity contribution in [1.29, 1.82) is 0 Å². The first-order valence-corrected chi connectivity index (χ1v) is 27.5. The van der Waals surface area contributed by atoms with Crippen molar-refractivity contribution >= 4 is 41.1 Å². The maximum atomic E-state index is 14.6. The number of benzene rings is 1. The van der Waals surface area contributed by atoms with Crippen molar-refractivity contribution in [3.05, 3.63) is 82.0 Å². The molecule has 1 N–H and O–H groups in total. The summed E-state index contributed by atoms with van der Waals surface area (Å²) in [5.74, 6) is -8.19. The molecule has 1 saturated carbocycles. The third-order valence-corrected chi connectivity index (χ3v) is 16.2.